The summed E-state index contributed by atoms with van der Waals surface area (Å²) in [6, 6.07) is 10.2. The van der Waals surface area contributed by atoms with Crippen molar-refractivity contribution in [3.8, 4) is 0 Å². The Morgan fingerprint density at radius 1 is 0.914 bits per heavy atom. The number of carbonyl (C=O) groups is 2. The lowest BCUT2D eigenvalue weighted by atomic mass is 9.97. The van der Waals surface area contributed by atoms with Crippen LogP contribution in [-0.2, 0) is 35.4 Å². The number of carbonyl (C=O) groups excluding carboxylic acids is 2. The van der Waals surface area contributed by atoms with Crippen LogP contribution in [0.2, 0.25) is 0 Å². The quantitative estimate of drug-likeness (QED) is 0.507. The van der Waals surface area contributed by atoms with Gasteiger partial charge in [-0.05, 0) is 49.7 Å². The molecular formula is C27H32N4O3S. The van der Waals surface area contributed by atoms with Crippen LogP contribution in [0.3, 0.4) is 0 Å². The van der Waals surface area contributed by atoms with Crippen LogP contribution < -0.4 is 5.56 Å². The van der Waals surface area contributed by atoms with Crippen LogP contribution in [0.4, 0.5) is 0 Å². The molecule has 8 heteroatoms. The Morgan fingerprint density at radius 2 is 1.60 bits per heavy atom. The predicted molar refractivity (Wildman–Crippen MR) is 138 cm³/mol. The molecule has 184 valence electrons. The number of rotatable bonds is 7. The molecule has 1 fully saturated rings. The molecule has 35 heavy (non-hydrogen) atoms. The van der Waals surface area contributed by atoms with E-state index in [-0.39, 0.29) is 23.8 Å². The van der Waals surface area contributed by atoms with Crippen molar-refractivity contribution in [1.82, 2.24) is 19.4 Å². The highest BCUT2D eigenvalue weighted by atomic mass is 32.1. The number of fused-ring (bicyclic) bond motifs is 3. The van der Waals surface area contributed by atoms with Gasteiger partial charge in [0.15, 0.2) is 0 Å². The Morgan fingerprint density at radius 3 is 2.34 bits per heavy atom. The molecule has 0 radical (unpaired) electrons. The number of piperazine rings is 1. The van der Waals surface area contributed by atoms with Gasteiger partial charge in [-0.2, -0.15) is 0 Å². The van der Waals surface area contributed by atoms with Crippen molar-refractivity contribution in [2.24, 2.45) is 0 Å². The van der Waals surface area contributed by atoms with Gasteiger partial charge in [0.1, 0.15) is 4.83 Å². The van der Waals surface area contributed by atoms with Gasteiger partial charge in [-0.15, -0.1) is 11.3 Å². The third-order valence-corrected chi connectivity index (χ3v) is 8.39. The highest BCUT2D eigenvalue weighted by Crippen LogP contribution is 2.33. The Bertz CT molecular complexity index is 1260. The van der Waals surface area contributed by atoms with Crippen molar-refractivity contribution in [3.05, 3.63) is 63.0 Å². The first kappa shape index (κ1) is 23.7. The van der Waals surface area contributed by atoms with Crippen molar-refractivity contribution in [1.29, 1.82) is 0 Å². The molecular weight excluding hydrogens is 460 g/mol. The van der Waals surface area contributed by atoms with Crippen LogP contribution in [0.1, 0.15) is 48.1 Å². The fourth-order valence-electron chi connectivity index (χ4n) is 5.17. The molecule has 7 nitrogen and oxygen atoms in total. The Hall–Kier alpha value is -3.00. The molecule has 5 rings (SSSR count). The number of thiophene rings is 1. The molecule has 1 aliphatic carbocycles. The van der Waals surface area contributed by atoms with E-state index in [1.54, 1.807) is 22.2 Å². The lowest BCUT2D eigenvalue weighted by molar-refractivity contribution is -0.139. The lowest BCUT2D eigenvalue weighted by Crippen LogP contribution is -2.50. The van der Waals surface area contributed by atoms with Crippen LogP contribution in [0.5, 0.6) is 0 Å². The number of aromatic nitrogens is 2. The number of hydrogen-bond acceptors (Lipinski definition) is 5. The first-order valence-corrected chi connectivity index (χ1v) is 13.5. The van der Waals surface area contributed by atoms with E-state index in [0.717, 1.165) is 42.3 Å². The average Bonchev–Trinajstić information content (AvgIpc) is 3.28. The SMILES string of the molecule is O=C(CCCc1ccccc1)N1CCN(C(=O)CCn2cnc3sc4c(c3c2=O)CCCC4)CC1. The highest BCUT2D eigenvalue weighted by Gasteiger charge is 2.24. The fraction of sp³-hybridized carbons (Fsp3) is 0.481. The van der Waals surface area contributed by atoms with Crippen molar-refractivity contribution >= 4 is 33.4 Å². The summed E-state index contributed by atoms with van der Waals surface area (Å²) in [7, 11) is 0. The summed E-state index contributed by atoms with van der Waals surface area (Å²) in [5, 5.41) is 0.763. The Balaban J connectivity index is 1.10. The van der Waals surface area contributed by atoms with Crippen LogP contribution in [0.15, 0.2) is 41.5 Å². The number of nitrogens with zero attached hydrogens (tertiary/aromatic N) is 4. The van der Waals surface area contributed by atoms with Gasteiger partial charge in [-0.3, -0.25) is 19.0 Å². The van der Waals surface area contributed by atoms with Gasteiger partial charge in [0.05, 0.1) is 11.7 Å². The van der Waals surface area contributed by atoms with Gasteiger partial charge in [0.2, 0.25) is 11.8 Å². The first-order chi connectivity index (χ1) is 17.1. The molecule has 1 saturated heterocycles. The van der Waals surface area contributed by atoms with Crippen molar-refractivity contribution in [2.75, 3.05) is 26.2 Å². The summed E-state index contributed by atoms with van der Waals surface area (Å²) < 4.78 is 1.59. The van der Waals surface area contributed by atoms with Gasteiger partial charge in [0.25, 0.3) is 5.56 Å². The molecule has 0 saturated carbocycles. The third kappa shape index (κ3) is 5.32. The molecule has 2 amide bonds. The van der Waals surface area contributed by atoms with E-state index < -0.39 is 0 Å². The molecule has 0 N–H and O–H groups in total. The van der Waals surface area contributed by atoms with E-state index in [1.807, 2.05) is 28.0 Å². The predicted octanol–water partition coefficient (Wildman–Crippen LogP) is 3.42. The van der Waals surface area contributed by atoms with E-state index in [0.29, 0.717) is 39.1 Å². The first-order valence-electron chi connectivity index (χ1n) is 12.7. The van der Waals surface area contributed by atoms with E-state index in [9.17, 15) is 14.4 Å². The summed E-state index contributed by atoms with van der Waals surface area (Å²) in [5.41, 5.74) is 2.41. The van der Waals surface area contributed by atoms with E-state index in [2.05, 4.69) is 17.1 Å². The number of hydrogen-bond donors (Lipinski definition) is 0. The van der Waals surface area contributed by atoms with Gasteiger partial charge in [-0.1, -0.05) is 30.3 Å². The zero-order valence-corrected chi connectivity index (χ0v) is 20.9. The normalized spacial score (nSPS) is 15.9. The van der Waals surface area contributed by atoms with Crippen molar-refractivity contribution in [2.45, 2.75) is 57.9 Å². The van der Waals surface area contributed by atoms with Crippen LogP contribution >= 0.6 is 11.3 Å². The highest BCUT2D eigenvalue weighted by molar-refractivity contribution is 7.18. The zero-order valence-electron chi connectivity index (χ0n) is 20.1. The van der Waals surface area contributed by atoms with Gasteiger partial charge < -0.3 is 9.80 Å². The third-order valence-electron chi connectivity index (χ3n) is 7.19. The topological polar surface area (TPSA) is 75.5 Å². The van der Waals surface area contributed by atoms with E-state index in [1.165, 1.54) is 22.4 Å². The maximum absolute atomic E-state index is 13.1. The van der Waals surface area contributed by atoms with Crippen LogP contribution in [-0.4, -0.2) is 57.3 Å². The summed E-state index contributed by atoms with van der Waals surface area (Å²) in [5.74, 6) is 0.193. The molecule has 0 spiro atoms. The maximum Gasteiger partial charge on any atom is 0.262 e. The summed E-state index contributed by atoms with van der Waals surface area (Å²) in [6.45, 7) is 2.58. The second-order valence-corrected chi connectivity index (χ2v) is 10.6. The number of aryl methyl sites for hydroxylation is 4. The fourth-order valence-corrected chi connectivity index (χ4v) is 6.39. The minimum Gasteiger partial charge on any atom is -0.339 e. The minimum atomic E-state index is -0.0203. The monoisotopic (exact) mass is 492 g/mol. The van der Waals surface area contributed by atoms with Crippen LogP contribution in [0.25, 0.3) is 10.2 Å². The molecule has 3 aromatic rings. The van der Waals surface area contributed by atoms with E-state index >= 15 is 0 Å². The van der Waals surface area contributed by atoms with Crippen molar-refractivity contribution in [3.63, 3.8) is 0 Å². The smallest absolute Gasteiger partial charge is 0.262 e. The standard InChI is InChI=1S/C27H32N4O3S/c32-23(12-6-9-20-7-2-1-3-8-20)29-15-17-30(18-16-29)24(33)13-14-31-19-28-26-25(27(31)34)21-10-4-5-11-22(21)35-26/h1-3,7-8,19H,4-6,9-18H2. The molecule has 1 aliphatic heterocycles. The number of amides is 2. The van der Waals surface area contributed by atoms with Gasteiger partial charge >= 0.3 is 0 Å². The number of benzene rings is 1. The Kier molecular flexibility index (Phi) is 7.27. The Labute approximate surface area is 209 Å². The molecule has 0 bridgehead atoms. The molecule has 2 aliphatic rings. The van der Waals surface area contributed by atoms with Crippen LogP contribution in [0, 0.1) is 0 Å². The largest absolute Gasteiger partial charge is 0.339 e. The molecule has 1 aromatic carbocycles. The summed E-state index contributed by atoms with van der Waals surface area (Å²) >= 11 is 1.64. The van der Waals surface area contributed by atoms with Gasteiger partial charge in [-0.25, -0.2) is 4.98 Å². The zero-order chi connectivity index (χ0) is 24.2. The van der Waals surface area contributed by atoms with E-state index in [4.69, 9.17) is 0 Å². The summed E-state index contributed by atoms with van der Waals surface area (Å²) in [6.07, 6.45) is 8.41. The summed E-state index contributed by atoms with van der Waals surface area (Å²) in [4.78, 5) is 48.8. The second-order valence-electron chi connectivity index (χ2n) is 9.48. The second kappa shape index (κ2) is 10.7. The lowest BCUT2D eigenvalue weighted by Gasteiger charge is -2.35. The average molecular weight is 493 g/mol. The minimum absolute atomic E-state index is 0.0203. The van der Waals surface area contributed by atoms with Crippen molar-refractivity contribution < 1.29 is 9.59 Å². The molecule has 0 atom stereocenters. The molecule has 3 heterocycles. The molecule has 2 aromatic heterocycles. The maximum atomic E-state index is 13.1. The molecule has 0 unspecified atom stereocenters. The van der Waals surface area contributed by atoms with Gasteiger partial charge in [0, 0.05) is 50.4 Å².